The first-order valence-electron chi connectivity index (χ1n) is 8.71. The highest BCUT2D eigenvalue weighted by molar-refractivity contribution is 7.10. The Morgan fingerprint density at radius 3 is 2.79 bits per heavy atom. The van der Waals surface area contributed by atoms with Crippen LogP contribution in [0.3, 0.4) is 0 Å². The number of rotatable bonds is 6. The number of halogens is 1. The minimum Gasteiger partial charge on any atom is -0.469 e. The second-order valence-electron chi connectivity index (χ2n) is 6.24. The molecular weight excluding hydrogens is 396 g/mol. The van der Waals surface area contributed by atoms with E-state index in [9.17, 15) is 4.79 Å². The smallest absolute Gasteiger partial charge is 0.257 e. The predicted molar refractivity (Wildman–Crippen MR) is 109 cm³/mol. The van der Waals surface area contributed by atoms with Crippen LogP contribution in [-0.4, -0.2) is 17.6 Å². The van der Waals surface area contributed by atoms with Crippen molar-refractivity contribution in [3.8, 4) is 11.3 Å². The van der Waals surface area contributed by atoms with Crippen LogP contribution in [0.4, 0.5) is 0 Å². The van der Waals surface area contributed by atoms with Crippen molar-refractivity contribution in [2.24, 2.45) is 0 Å². The first-order valence-corrected chi connectivity index (χ1v) is 9.97. The summed E-state index contributed by atoms with van der Waals surface area (Å²) in [6.45, 7) is 2.10. The lowest BCUT2D eigenvalue weighted by molar-refractivity contribution is 0.0951. The number of thiophene rings is 1. The van der Waals surface area contributed by atoms with Gasteiger partial charge in [0.2, 0.25) is 0 Å². The van der Waals surface area contributed by atoms with Crippen molar-refractivity contribution in [2.75, 3.05) is 6.54 Å². The van der Waals surface area contributed by atoms with Gasteiger partial charge in [-0.15, -0.1) is 11.3 Å². The molecule has 3 aromatic heterocycles. The molecule has 4 rings (SSSR count). The van der Waals surface area contributed by atoms with E-state index in [1.807, 2.05) is 47.8 Å². The number of nitrogens with one attached hydrogen (secondary N) is 1. The molecule has 0 fully saturated rings. The van der Waals surface area contributed by atoms with Gasteiger partial charge >= 0.3 is 0 Å². The maximum Gasteiger partial charge on any atom is 0.257 e. The number of furan rings is 1. The topological polar surface area (TPSA) is 68.3 Å². The fourth-order valence-electron chi connectivity index (χ4n) is 3.08. The van der Waals surface area contributed by atoms with E-state index in [-0.39, 0.29) is 11.8 Å². The predicted octanol–water partition coefficient (Wildman–Crippen LogP) is 5.52. The van der Waals surface area contributed by atoms with Crippen molar-refractivity contribution in [1.82, 2.24) is 10.5 Å². The van der Waals surface area contributed by atoms with Crippen molar-refractivity contribution in [3.05, 3.63) is 87.2 Å². The molecular formula is C21H17ClN2O3S. The van der Waals surface area contributed by atoms with Crippen LogP contribution < -0.4 is 5.32 Å². The van der Waals surface area contributed by atoms with Crippen molar-refractivity contribution >= 4 is 28.8 Å². The van der Waals surface area contributed by atoms with Gasteiger partial charge in [-0.05, 0) is 36.6 Å². The van der Waals surface area contributed by atoms with E-state index in [0.29, 0.717) is 34.1 Å². The summed E-state index contributed by atoms with van der Waals surface area (Å²) in [4.78, 5) is 14.1. The summed E-state index contributed by atoms with van der Waals surface area (Å²) in [5, 5.41) is 9.57. The average Bonchev–Trinajstić information content (AvgIpc) is 3.44. The van der Waals surface area contributed by atoms with Gasteiger partial charge in [-0.2, -0.15) is 0 Å². The fourth-order valence-corrected chi connectivity index (χ4v) is 4.14. The molecule has 1 atom stereocenters. The molecule has 4 aromatic rings. The lowest BCUT2D eigenvalue weighted by atomic mass is 10.0. The first kappa shape index (κ1) is 18.5. The van der Waals surface area contributed by atoms with Gasteiger partial charge in [0.15, 0.2) is 0 Å². The standard InChI is InChI=1S/C21H17ClN2O3S/c1-13-19(20(24-27-13)14-6-2-3-7-16(14)22)21(25)23-12-15(17-8-4-10-26-17)18-9-5-11-28-18/h2-11,15H,12H2,1H3,(H,23,25). The minimum atomic E-state index is -0.262. The summed E-state index contributed by atoms with van der Waals surface area (Å²) in [5.41, 5.74) is 1.48. The van der Waals surface area contributed by atoms with Gasteiger partial charge in [0, 0.05) is 17.0 Å². The van der Waals surface area contributed by atoms with Crippen LogP contribution in [0.2, 0.25) is 5.02 Å². The number of hydrogen-bond acceptors (Lipinski definition) is 5. The fraction of sp³-hybridized carbons (Fsp3) is 0.143. The Balaban J connectivity index is 1.59. The maximum absolute atomic E-state index is 13.0. The summed E-state index contributed by atoms with van der Waals surface area (Å²) in [6, 6.07) is 15.0. The monoisotopic (exact) mass is 412 g/mol. The Kier molecular flexibility index (Phi) is 5.32. The van der Waals surface area contributed by atoms with E-state index in [0.717, 1.165) is 10.6 Å². The largest absolute Gasteiger partial charge is 0.469 e. The number of aromatic nitrogens is 1. The maximum atomic E-state index is 13.0. The number of carbonyl (C=O) groups is 1. The van der Waals surface area contributed by atoms with Crippen molar-refractivity contribution in [2.45, 2.75) is 12.8 Å². The molecule has 1 aromatic carbocycles. The van der Waals surface area contributed by atoms with Crippen LogP contribution in [0.5, 0.6) is 0 Å². The summed E-state index contributed by atoms with van der Waals surface area (Å²) in [7, 11) is 0. The van der Waals surface area contributed by atoms with E-state index in [4.69, 9.17) is 20.5 Å². The molecule has 28 heavy (non-hydrogen) atoms. The second-order valence-corrected chi connectivity index (χ2v) is 7.62. The lowest BCUT2D eigenvalue weighted by Gasteiger charge is -2.14. The third-order valence-electron chi connectivity index (χ3n) is 4.46. The molecule has 0 saturated carbocycles. The zero-order valence-corrected chi connectivity index (χ0v) is 16.6. The molecule has 1 N–H and O–H groups in total. The lowest BCUT2D eigenvalue weighted by Crippen LogP contribution is -2.29. The van der Waals surface area contributed by atoms with E-state index >= 15 is 0 Å². The Hall–Kier alpha value is -2.83. The van der Waals surface area contributed by atoms with Crippen LogP contribution >= 0.6 is 22.9 Å². The summed E-state index contributed by atoms with van der Waals surface area (Å²) < 4.78 is 10.9. The molecule has 1 unspecified atom stereocenters. The summed E-state index contributed by atoms with van der Waals surface area (Å²) in [5.74, 6) is 0.916. The average molecular weight is 413 g/mol. The molecule has 0 bridgehead atoms. The van der Waals surface area contributed by atoms with Crippen molar-refractivity contribution in [3.63, 3.8) is 0 Å². The van der Waals surface area contributed by atoms with Crippen LogP contribution in [-0.2, 0) is 0 Å². The quantitative estimate of drug-likeness (QED) is 0.452. The molecule has 0 saturated heterocycles. The van der Waals surface area contributed by atoms with Gasteiger partial charge in [0.25, 0.3) is 5.91 Å². The van der Waals surface area contributed by atoms with Crippen molar-refractivity contribution in [1.29, 1.82) is 0 Å². The van der Waals surface area contributed by atoms with Gasteiger partial charge in [-0.25, -0.2) is 0 Å². The van der Waals surface area contributed by atoms with Gasteiger partial charge in [0.05, 0.1) is 17.2 Å². The minimum absolute atomic E-state index is 0.0668. The number of benzene rings is 1. The van der Waals surface area contributed by atoms with Crippen LogP contribution in [0.25, 0.3) is 11.3 Å². The molecule has 3 heterocycles. The number of aryl methyl sites for hydroxylation is 1. The highest BCUT2D eigenvalue weighted by Crippen LogP contribution is 2.32. The molecule has 0 radical (unpaired) electrons. The van der Waals surface area contributed by atoms with E-state index in [1.165, 1.54) is 0 Å². The molecule has 0 aliphatic carbocycles. The van der Waals surface area contributed by atoms with Gasteiger partial charge in [-0.1, -0.05) is 41.0 Å². The van der Waals surface area contributed by atoms with Crippen LogP contribution in [0.1, 0.15) is 32.7 Å². The van der Waals surface area contributed by atoms with Gasteiger partial charge < -0.3 is 14.3 Å². The first-order chi connectivity index (χ1) is 13.6. The van der Waals surface area contributed by atoms with Crippen molar-refractivity contribution < 1.29 is 13.7 Å². The third-order valence-corrected chi connectivity index (χ3v) is 5.77. The van der Waals surface area contributed by atoms with Crippen LogP contribution in [0.15, 0.2) is 69.1 Å². The Morgan fingerprint density at radius 2 is 2.07 bits per heavy atom. The van der Waals surface area contributed by atoms with E-state index in [1.54, 1.807) is 30.6 Å². The SMILES string of the molecule is Cc1onc(-c2ccccc2Cl)c1C(=O)NCC(c1ccco1)c1cccs1. The Labute approximate surface area is 170 Å². The third kappa shape index (κ3) is 3.61. The highest BCUT2D eigenvalue weighted by Gasteiger charge is 2.25. The zero-order chi connectivity index (χ0) is 19.5. The normalized spacial score (nSPS) is 12.1. The molecule has 0 aliphatic heterocycles. The number of carbonyl (C=O) groups excluding carboxylic acids is 1. The molecule has 0 aliphatic rings. The zero-order valence-electron chi connectivity index (χ0n) is 15.0. The number of hydrogen-bond donors (Lipinski definition) is 1. The summed E-state index contributed by atoms with van der Waals surface area (Å²) in [6.07, 6.45) is 1.64. The van der Waals surface area contributed by atoms with E-state index in [2.05, 4.69) is 10.5 Å². The summed E-state index contributed by atoms with van der Waals surface area (Å²) >= 11 is 7.91. The molecule has 142 valence electrons. The number of nitrogens with zero attached hydrogens (tertiary/aromatic N) is 1. The molecule has 1 amide bonds. The second kappa shape index (κ2) is 8.04. The molecule has 7 heteroatoms. The number of amides is 1. The molecule has 5 nitrogen and oxygen atoms in total. The van der Waals surface area contributed by atoms with E-state index < -0.39 is 0 Å². The highest BCUT2D eigenvalue weighted by atomic mass is 35.5. The molecule has 0 spiro atoms. The Bertz CT molecular complexity index is 1040. The van der Waals surface area contributed by atoms with Gasteiger partial charge in [0.1, 0.15) is 22.8 Å². The van der Waals surface area contributed by atoms with Crippen LogP contribution in [0, 0.1) is 6.92 Å². The Morgan fingerprint density at radius 1 is 1.21 bits per heavy atom. The van der Waals surface area contributed by atoms with Gasteiger partial charge in [-0.3, -0.25) is 4.79 Å².